The van der Waals surface area contributed by atoms with E-state index in [0.29, 0.717) is 5.41 Å². The average Bonchev–Trinajstić information content (AvgIpc) is 2.92. The highest BCUT2D eigenvalue weighted by Crippen LogP contribution is 2.56. The van der Waals surface area contributed by atoms with Crippen LogP contribution in [0.2, 0.25) is 0 Å². The van der Waals surface area contributed by atoms with Crippen LogP contribution in [0.4, 0.5) is 0 Å². The summed E-state index contributed by atoms with van der Waals surface area (Å²) in [5.74, 6) is 0. The van der Waals surface area contributed by atoms with E-state index in [9.17, 15) is 0 Å². The van der Waals surface area contributed by atoms with E-state index in [4.69, 9.17) is 0 Å². The molecule has 1 aliphatic carbocycles. The van der Waals surface area contributed by atoms with Crippen molar-refractivity contribution in [1.82, 2.24) is 24.4 Å². The lowest BCUT2D eigenvalue weighted by atomic mass is 9.92. The van der Waals surface area contributed by atoms with Crippen LogP contribution in [-0.2, 0) is 13.1 Å². The van der Waals surface area contributed by atoms with Crippen molar-refractivity contribution in [2.24, 2.45) is 5.41 Å². The Hall–Kier alpha value is -0.890. The number of aromatic nitrogens is 3. The van der Waals surface area contributed by atoms with Crippen LogP contribution in [0.3, 0.4) is 0 Å². The molecule has 1 saturated heterocycles. The Bertz CT molecular complexity index is 589. The fraction of sp³-hybridized carbons (Fsp3) is 0.667. The zero-order valence-corrected chi connectivity index (χ0v) is 14.4. The first-order chi connectivity index (χ1) is 10.8. The summed E-state index contributed by atoms with van der Waals surface area (Å²) in [6, 6.07) is 0.750. The van der Waals surface area contributed by atoms with Crippen molar-refractivity contribution in [3.05, 3.63) is 27.7 Å². The van der Waals surface area contributed by atoms with Crippen molar-refractivity contribution in [3.63, 3.8) is 0 Å². The third-order valence-corrected chi connectivity index (χ3v) is 6.51. The monoisotopic (exact) mass is 335 g/mol. The second kappa shape index (κ2) is 5.96. The largest absolute Gasteiger partial charge is 0.297 e. The molecule has 4 rings (SSSR count). The molecule has 0 amide bonds. The molecule has 22 heavy (non-hydrogen) atoms. The molecule has 7 heteroatoms. The number of hydrogen-bond donors (Lipinski definition) is 0. The van der Waals surface area contributed by atoms with Crippen molar-refractivity contribution in [2.45, 2.75) is 38.4 Å². The van der Waals surface area contributed by atoms with Crippen LogP contribution in [-0.4, -0.2) is 50.5 Å². The predicted octanol–water partition coefficient (Wildman–Crippen LogP) is 2.48. The zero-order valence-electron chi connectivity index (χ0n) is 12.8. The van der Waals surface area contributed by atoms with Gasteiger partial charge in [-0.2, -0.15) is 0 Å². The molecule has 2 fully saturated rings. The van der Waals surface area contributed by atoms with Crippen LogP contribution in [0.1, 0.15) is 30.0 Å². The highest BCUT2D eigenvalue weighted by Gasteiger charge is 2.56. The Balaban J connectivity index is 1.29. The molecule has 1 saturated carbocycles. The fourth-order valence-corrected chi connectivity index (χ4v) is 4.90. The summed E-state index contributed by atoms with van der Waals surface area (Å²) in [6.07, 6.45) is 5.90. The van der Waals surface area contributed by atoms with Gasteiger partial charge in [0.2, 0.25) is 0 Å². The van der Waals surface area contributed by atoms with Crippen LogP contribution in [0, 0.1) is 5.41 Å². The first kappa shape index (κ1) is 14.7. The second-order valence-corrected chi connectivity index (χ2v) is 8.18. The molecule has 118 valence electrons. The van der Waals surface area contributed by atoms with Gasteiger partial charge in [0.05, 0.1) is 12.2 Å². The Morgan fingerprint density at radius 3 is 2.95 bits per heavy atom. The van der Waals surface area contributed by atoms with Crippen molar-refractivity contribution >= 4 is 22.9 Å². The lowest BCUT2D eigenvalue weighted by molar-refractivity contribution is 0.138. The molecule has 0 aromatic carbocycles. The van der Waals surface area contributed by atoms with Gasteiger partial charge in [0.1, 0.15) is 5.01 Å². The van der Waals surface area contributed by atoms with E-state index in [2.05, 4.69) is 42.2 Å². The number of thiazole rings is 1. The van der Waals surface area contributed by atoms with Crippen molar-refractivity contribution in [2.75, 3.05) is 20.1 Å². The molecule has 2 aromatic rings. The molecule has 1 atom stereocenters. The molecule has 0 radical (unpaired) electrons. The van der Waals surface area contributed by atoms with Gasteiger partial charge >= 0.3 is 0 Å². The highest BCUT2D eigenvalue weighted by atomic mass is 32.1. The third kappa shape index (κ3) is 2.95. The van der Waals surface area contributed by atoms with Gasteiger partial charge < -0.3 is 0 Å². The van der Waals surface area contributed by atoms with Crippen molar-refractivity contribution in [1.29, 1.82) is 0 Å². The maximum absolute atomic E-state index is 4.41. The van der Waals surface area contributed by atoms with Crippen LogP contribution in [0.25, 0.3) is 0 Å². The Morgan fingerprint density at radius 2 is 2.27 bits per heavy atom. The lowest BCUT2D eigenvalue weighted by Gasteiger charge is -2.33. The van der Waals surface area contributed by atoms with Crippen molar-refractivity contribution < 1.29 is 0 Å². The summed E-state index contributed by atoms with van der Waals surface area (Å²) >= 11 is 3.21. The van der Waals surface area contributed by atoms with E-state index in [1.807, 2.05) is 6.20 Å². The van der Waals surface area contributed by atoms with Crippen molar-refractivity contribution in [3.8, 4) is 0 Å². The van der Waals surface area contributed by atoms with E-state index >= 15 is 0 Å². The van der Waals surface area contributed by atoms with E-state index in [-0.39, 0.29) is 0 Å². The number of nitrogens with zero attached hydrogens (tertiary/aromatic N) is 5. The maximum Gasteiger partial charge on any atom is 0.107 e. The molecular formula is C15H21N5S2. The average molecular weight is 336 g/mol. The molecule has 3 heterocycles. The standard InChI is InChI=1S/C15H21N5S2/c1-19(10-14-16-4-7-21-14)13-8-15(13)2-5-20(6-3-15)9-12-11-22-18-17-12/h4,7,11,13H,2-3,5-6,8-10H2,1H3/t13-/m0/s1. The van der Waals surface area contributed by atoms with Gasteiger partial charge in [0, 0.05) is 29.5 Å². The van der Waals surface area contributed by atoms with Gasteiger partial charge in [0.15, 0.2) is 0 Å². The molecule has 0 unspecified atom stereocenters. The minimum atomic E-state index is 0.572. The Labute approximate surface area is 139 Å². The van der Waals surface area contributed by atoms with E-state index in [1.165, 1.54) is 48.9 Å². The molecule has 5 nitrogen and oxygen atoms in total. The molecular weight excluding hydrogens is 314 g/mol. The Morgan fingerprint density at radius 1 is 1.41 bits per heavy atom. The summed E-state index contributed by atoms with van der Waals surface area (Å²) in [4.78, 5) is 9.45. The van der Waals surface area contributed by atoms with E-state index in [1.54, 1.807) is 11.3 Å². The van der Waals surface area contributed by atoms with Gasteiger partial charge in [-0.25, -0.2) is 4.98 Å². The van der Waals surface area contributed by atoms with E-state index in [0.717, 1.165) is 24.8 Å². The van der Waals surface area contributed by atoms with Gasteiger partial charge in [-0.1, -0.05) is 4.49 Å². The van der Waals surface area contributed by atoms with Crippen LogP contribution in [0.5, 0.6) is 0 Å². The predicted molar refractivity (Wildman–Crippen MR) is 88.8 cm³/mol. The second-order valence-electron chi connectivity index (χ2n) is 6.60. The summed E-state index contributed by atoms with van der Waals surface area (Å²) in [5.41, 5.74) is 1.69. The molecule has 0 N–H and O–H groups in total. The van der Waals surface area contributed by atoms with Gasteiger partial charge in [-0.05, 0) is 56.3 Å². The number of piperidine rings is 1. The SMILES string of the molecule is CN(Cc1nccs1)[C@H]1CC12CCN(Cc1csnn1)CC2. The maximum atomic E-state index is 4.41. The molecule has 2 aromatic heterocycles. The topological polar surface area (TPSA) is 45.2 Å². The first-order valence-electron chi connectivity index (χ1n) is 7.82. The summed E-state index contributed by atoms with van der Waals surface area (Å²) < 4.78 is 3.95. The van der Waals surface area contributed by atoms with Gasteiger partial charge in [0.25, 0.3) is 0 Å². The highest BCUT2D eigenvalue weighted by molar-refractivity contribution is 7.09. The van der Waals surface area contributed by atoms with Crippen LogP contribution < -0.4 is 0 Å². The number of likely N-dealkylation sites (tertiary alicyclic amines) is 1. The number of rotatable bonds is 5. The zero-order chi connectivity index (χ0) is 15.0. The molecule has 1 aliphatic heterocycles. The lowest BCUT2D eigenvalue weighted by Crippen LogP contribution is -2.37. The third-order valence-electron chi connectivity index (χ3n) is 5.19. The molecule has 0 bridgehead atoms. The summed E-state index contributed by atoms with van der Waals surface area (Å²) in [6.45, 7) is 4.35. The molecule has 2 aliphatic rings. The molecule has 1 spiro atoms. The quantitative estimate of drug-likeness (QED) is 0.840. The normalized spacial score (nSPS) is 24.2. The minimum Gasteiger partial charge on any atom is -0.297 e. The van der Waals surface area contributed by atoms with E-state index < -0.39 is 0 Å². The summed E-state index contributed by atoms with van der Waals surface area (Å²) in [5, 5.41) is 9.52. The summed E-state index contributed by atoms with van der Waals surface area (Å²) in [7, 11) is 2.26. The fourth-order valence-electron chi connectivity index (χ4n) is 3.78. The first-order valence-corrected chi connectivity index (χ1v) is 9.54. The smallest absolute Gasteiger partial charge is 0.107 e. The number of hydrogen-bond acceptors (Lipinski definition) is 7. The van der Waals surface area contributed by atoms with Gasteiger partial charge in [-0.15, -0.1) is 16.4 Å². The van der Waals surface area contributed by atoms with Crippen LogP contribution >= 0.6 is 22.9 Å². The van der Waals surface area contributed by atoms with Crippen LogP contribution in [0.15, 0.2) is 17.0 Å². The minimum absolute atomic E-state index is 0.572. The van der Waals surface area contributed by atoms with Gasteiger partial charge in [-0.3, -0.25) is 9.80 Å². The Kier molecular flexibility index (Phi) is 3.98.